The van der Waals surface area contributed by atoms with Gasteiger partial charge in [-0.05, 0) is 25.0 Å². The molecule has 0 amide bonds. The first-order valence-corrected chi connectivity index (χ1v) is 6.82. The molecule has 1 unspecified atom stereocenters. The van der Waals surface area contributed by atoms with Crippen molar-refractivity contribution < 1.29 is 27.8 Å². The molecule has 0 bridgehead atoms. The van der Waals surface area contributed by atoms with E-state index in [1.54, 1.807) is 0 Å². The second kappa shape index (κ2) is 7.26. The van der Waals surface area contributed by atoms with Crippen LogP contribution in [0.25, 0.3) is 0 Å². The minimum absolute atomic E-state index is 0.0702. The molecule has 1 aromatic rings. The zero-order valence-electron chi connectivity index (χ0n) is 11.4. The standard InChI is InChI=1S/C15H16F2O4/c16-10-3-4-12(13(17)8-10)14(18)5-6-15(19)21-9-11-2-1-7-20-11/h3-4,8,11H,1-2,5-7,9H2. The Morgan fingerprint density at radius 2 is 2.10 bits per heavy atom. The molecule has 21 heavy (non-hydrogen) atoms. The van der Waals surface area contributed by atoms with E-state index in [1.165, 1.54) is 0 Å². The fourth-order valence-corrected chi connectivity index (χ4v) is 2.10. The maximum atomic E-state index is 13.4. The van der Waals surface area contributed by atoms with E-state index in [0.717, 1.165) is 25.0 Å². The normalized spacial score (nSPS) is 17.7. The molecule has 0 saturated carbocycles. The zero-order valence-corrected chi connectivity index (χ0v) is 11.4. The molecule has 1 fully saturated rings. The molecule has 0 aliphatic carbocycles. The van der Waals surface area contributed by atoms with Crippen LogP contribution < -0.4 is 0 Å². The summed E-state index contributed by atoms with van der Waals surface area (Å²) in [5.74, 6) is -2.75. The largest absolute Gasteiger partial charge is 0.463 e. The number of esters is 1. The first-order chi connectivity index (χ1) is 10.1. The van der Waals surface area contributed by atoms with Gasteiger partial charge < -0.3 is 9.47 Å². The van der Waals surface area contributed by atoms with Crippen molar-refractivity contribution in [2.75, 3.05) is 13.2 Å². The van der Waals surface area contributed by atoms with E-state index in [1.807, 2.05) is 0 Å². The van der Waals surface area contributed by atoms with Crippen molar-refractivity contribution in [3.8, 4) is 0 Å². The molecule has 0 aromatic heterocycles. The van der Waals surface area contributed by atoms with E-state index in [2.05, 4.69) is 0 Å². The van der Waals surface area contributed by atoms with E-state index >= 15 is 0 Å². The number of hydrogen-bond acceptors (Lipinski definition) is 4. The van der Waals surface area contributed by atoms with Gasteiger partial charge in [-0.15, -0.1) is 0 Å². The number of Topliss-reactive ketones (excluding diaryl/α,β-unsaturated/α-hetero) is 1. The number of carbonyl (C=O) groups excluding carboxylic acids is 2. The van der Waals surface area contributed by atoms with E-state index in [4.69, 9.17) is 9.47 Å². The molecule has 6 heteroatoms. The van der Waals surface area contributed by atoms with Crippen molar-refractivity contribution >= 4 is 11.8 Å². The Labute approximate surface area is 121 Å². The van der Waals surface area contributed by atoms with Crippen molar-refractivity contribution in [3.05, 3.63) is 35.4 Å². The second-order valence-corrected chi connectivity index (χ2v) is 4.87. The number of ether oxygens (including phenoxy) is 2. The maximum absolute atomic E-state index is 13.4. The average molecular weight is 298 g/mol. The van der Waals surface area contributed by atoms with Gasteiger partial charge in [-0.25, -0.2) is 8.78 Å². The van der Waals surface area contributed by atoms with E-state index in [9.17, 15) is 18.4 Å². The van der Waals surface area contributed by atoms with E-state index in [0.29, 0.717) is 12.7 Å². The average Bonchev–Trinajstić information content (AvgIpc) is 2.95. The minimum atomic E-state index is -0.923. The van der Waals surface area contributed by atoms with Gasteiger partial charge in [0.2, 0.25) is 0 Å². The highest BCUT2D eigenvalue weighted by Gasteiger charge is 2.18. The third-order valence-corrected chi connectivity index (χ3v) is 3.24. The molecule has 1 aromatic carbocycles. The summed E-state index contributed by atoms with van der Waals surface area (Å²) in [5, 5.41) is 0. The molecule has 0 radical (unpaired) electrons. The van der Waals surface area contributed by atoms with Gasteiger partial charge in [-0.2, -0.15) is 0 Å². The van der Waals surface area contributed by atoms with Gasteiger partial charge in [0.25, 0.3) is 0 Å². The summed E-state index contributed by atoms with van der Waals surface area (Å²) >= 11 is 0. The number of halogens is 2. The summed E-state index contributed by atoms with van der Waals surface area (Å²) in [6, 6.07) is 2.72. The Morgan fingerprint density at radius 1 is 1.29 bits per heavy atom. The molecule has 1 atom stereocenters. The molecule has 0 spiro atoms. The summed E-state index contributed by atoms with van der Waals surface area (Å²) in [6.07, 6.45) is 1.42. The number of hydrogen-bond donors (Lipinski definition) is 0. The second-order valence-electron chi connectivity index (χ2n) is 4.87. The molecule has 1 saturated heterocycles. The molecule has 1 heterocycles. The van der Waals surface area contributed by atoms with Gasteiger partial charge in [-0.1, -0.05) is 0 Å². The summed E-state index contributed by atoms with van der Waals surface area (Å²) in [5.41, 5.74) is -0.219. The summed E-state index contributed by atoms with van der Waals surface area (Å²) < 4.78 is 36.4. The molecule has 1 aliphatic rings. The van der Waals surface area contributed by atoms with Gasteiger partial charge >= 0.3 is 5.97 Å². The fraction of sp³-hybridized carbons (Fsp3) is 0.467. The van der Waals surface area contributed by atoms with E-state index < -0.39 is 23.4 Å². The number of carbonyl (C=O) groups is 2. The van der Waals surface area contributed by atoms with Crippen molar-refractivity contribution in [3.63, 3.8) is 0 Å². The molecular formula is C15H16F2O4. The lowest BCUT2D eigenvalue weighted by molar-refractivity contribution is -0.146. The molecule has 4 nitrogen and oxygen atoms in total. The van der Waals surface area contributed by atoms with Gasteiger partial charge in [0.1, 0.15) is 18.2 Å². The Morgan fingerprint density at radius 3 is 2.76 bits per heavy atom. The smallest absolute Gasteiger partial charge is 0.306 e. The Bertz CT molecular complexity index is 524. The van der Waals surface area contributed by atoms with Gasteiger partial charge in [-0.3, -0.25) is 9.59 Å². The van der Waals surface area contributed by atoms with Crippen molar-refractivity contribution in [2.45, 2.75) is 31.8 Å². The van der Waals surface area contributed by atoms with Gasteiger partial charge in [0.15, 0.2) is 5.78 Å². The quantitative estimate of drug-likeness (QED) is 0.598. The van der Waals surface area contributed by atoms with Crippen LogP contribution in [0, 0.1) is 11.6 Å². The summed E-state index contributed by atoms with van der Waals surface area (Å²) in [7, 11) is 0. The van der Waals surface area contributed by atoms with Crippen LogP contribution >= 0.6 is 0 Å². The molecular weight excluding hydrogens is 282 g/mol. The highest BCUT2D eigenvalue weighted by atomic mass is 19.1. The van der Waals surface area contributed by atoms with Gasteiger partial charge in [0.05, 0.1) is 18.1 Å². The monoisotopic (exact) mass is 298 g/mol. The third kappa shape index (κ3) is 4.60. The Hall–Kier alpha value is -1.82. The Balaban J connectivity index is 1.76. The lowest BCUT2D eigenvalue weighted by atomic mass is 10.1. The fourth-order valence-electron chi connectivity index (χ4n) is 2.10. The van der Waals surface area contributed by atoms with Crippen molar-refractivity contribution in [1.29, 1.82) is 0 Å². The topological polar surface area (TPSA) is 52.6 Å². The van der Waals surface area contributed by atoms with Crippen LogP contribution in [0.3, 0.4) is 0 Å². The van der Waals surface area contributed by atoms with Crippen LogP contribution in [0.2, 0.25) is 0 Å². The summed E-state index contributed by atoms with van der Waals surface area (Å²) in [6.45, 7) is 0.850. The summed E-state index contributed by atoms with van der Waals surface area (Å²) in [4.78, 5) is 23.2. The highest BCUT2D eigenvalue weighted by molar-refractivity contribution is 5.97. The molecule has 1 aliphatic heterocycles. The highest BCUT2D eigenvalue weighted by Crippen LogP contribution is 2.14. The lowest BCUT2D eigenvalue weighted by Gasteiger charge is -2.10. The predicted molar refractivity (Wildman–Crippen MR) is 69.9 cm³/mol. The van der Waals surface area contributed by atoms with Crippen molar-refractivity contribution in [2.24, 2.45) is 0 Å². The van der Waals surface area contributed by atoms with Gasteiger partial charge in [0, 0.05) is 19.1 Å². The number of ketones is 1. The third-order valence-electron chi connectivity index (χ3n) is 3.24. The van der Waals surface area contributed by atoms with E-state index in [-0.39, 0.29) is 31.1 Å². The van der Waals surface area contributed by atoms with Crippen LogP contribution in [0.4, 0.5) is 8.78 Å². The Kier molecular flexibility index (Phi) is 5.38. The number of rotatable bonds is 6. The molecule has 0 N–H and O–H groups in total. The number of benzene rings is 1. The predicted octanol–water partition coefficient (Wildman–Crippen LogP) is 2.65. The minimum Gasteiger partial charge on any atom is -0.463 e. The zero-order chi connectivity index (χ0) is 15.2. The van der Waals surface area contributed by atoms with Crippen LogP contribution in [-0.4, -0.2) is 31.1 Å². The SMILES string of the molecule is O=C(CCC(=O)c1ccc(F)cc1F)OCC1CCCO1. The molecule has 2 rings (SSSR count). The lowest BCUT2D eigenvalue weighted by Crippen LogP contribution is -2.18. The van der Waals surface area contributed by atoms with Crippen LogP contribution in [0.1, 0.15) is 36.0 Å². The first-order valence-electron chi connectivity index (χ1n) is 6.82. The maximum Gasteiger partial charge on any atom is 0.306 e. The van der Waals surface area contributed by atoms with Crippen LogP contribution in [0.15, 0.2) is 18.2 Å². The molecule has 114 valence electrons. The van der Waals surface area contributed by atoms with Crippen LogP contribution in [-0.2, 0) is 14.3 Å². The first kappa shape index (κ1) is 15.6. The van der Waals surface area contributed by atoms with Crippen molar-refractivity contribution in [1.82, 2.24) is 0 Å². The van der Waals surface area contributed by atoms with Crippen LogP contribution in [0.5, 0.6) is 0 Å².